The number of nitrogens with zero attached hydrogens (tertiary/aromatic N) is 1. The van der Waals surface area contributed by atoms with E-state index in [9.17, 15) is 0 Å². The maximum atomic E-state index is 5.89. The van der Waals surface area contributed by atoms with Gasteiger partial charge in [-0.2, -0.15) is 0 Å². The molecule has 5 nitrogen and oxygen atoms in total. The SMILES string of the molecule is CCNC(=NCc1ccc(OC)cc1)NC1CC2CCC1O2.I. The number of halogens is 1. The molecule has 2 aliphatic rings. The van der Waals surface area contributed by atoms with E-state index in [1.165, 1.54) is 18.4 Å². The summed E-state index contributed by atoms with van der Waals surface area (Å²) >= 11 is 0. The fourth-order valence-corrected chi connectivity index (χ4v) is 3.19. The summed E-state index contributed by atoms with van der Waals surface area (Å²) in [7, 11) is 1.68. The molecule has 6 heteroatoms. The molecule has 2 saturated heterocycles. The number of rotatable bonds is 5. The monoisotopic (exact) mass is 431 g/mol. The highest BCUT2D eigenvalue weighted by Gasteiger charge is 2.41. The molecule has 23 heavy (non-hydrogen) atoms. The zero-order chi connectivity index (χ0) is 15.4. The van der Waals surface area contributed by atoms with Gasteiger partial charge in [-0.3, -0.25) is 0 Å². The number of fused-ring (bicyclic) bond motifs is 2. The highest BCUT2D eigenvalue weighted by molar-refractivity contribution is 14.0. The average molecular weight is 431 g/mol. The maximum absolute atomic E-state index is 5.89. The van der Waals surface area contributed by atoms with Crippen molar-refractivity contribution in [1.82, 2.24) is 10.6 Å². The Kier molecular flexibility index (Phi) is 6.95. The zero-order valence-electron chi connectivity index (χ0n) is 13.7. The molecule has 3 unspecified atom stereocenters. The van der Waals surface area contributed by atoms with Crippen molar-refractivity contribution in [3.63, 3.8) is 0 Å². The number of hydrogen-bond donors (Lipinski definition) is 2. The average Bonchev–Trinajstić information content (AvgIpc) is 3.16. The van der Waals surface area contributed by atoms with Gasteiger partial charge in [0.2, 0.25) is 0 Å². The first-order chi connectivity index (χ1) is 10.8. The van der Waals surface area contributed by atoms with E-state index in [-0.39, 0.29) is 24.0 Å². The van der Waals surface area contributed by atoms with E-state index in [1.807, 2.05) is 24.3 Å². The lowest BCUT2D eigenvalue weighted by molar-refractivity contribution is 0.0992. The molecular formula is C17H26IN3O2. The molecule has 2 bridgehead atoms. The largest absolute Gasteiger partial charge is 0.497 e. The van der Waals surface area contributed by atoms with Gasteiger partial charge in [-0.1, -0.05) is 12.1 Å². The Hall–Kier alpha value is -1.02. The summed E-state index contributed by atoms with van der Waals surface area (Å²) in [5.74, 6) is 1.75. The van der Waals surface area contributed by atoms with Gasteiger partial charge in [-0.15, -0.1) is 24.0 Å². The first-order valence-electron chi connectivity index (χ1n) is 8.11. The van der Waals surface area contributed by atoms with Crippen LogP contribution in [0, 0.1) is 0 Å². The molecule has 1 aromatic rings. The van der Waals surface area contributed by atoms with Crippen LogP contribution in [0.25, 0.3) is 0 Å². The van der Waals surface area contributed by atoms with Gasteiger partial charge in [-0.25, -0.2) is 4.99 Å². The Morgan fingerprint density at radius 2 is 2.09 bits per heavy atom. The first-order valence-corrected chi connectivity index (χ1v) is 8.11. The number of methoxy groups -OCH3 is 1. The van der Waals surface area contributed by atoms with Gasteiger partial charge in [0.1, 0.15) is 5.75 Å². The van der Waals surface area contributed by atoms with Crippen molar-refractivity contribution < 1.29 is 9.47 Å². The lowest BCUT2D eigenvalue weighted by atomic mass is 9.96. The van der Waals surface area contributed by atoms with Crippen LogP contribution >= 0.6 is 24.0 Å². The van der Waals surface area contributed by atoms with Crippen LogP contribution in [-0.4, -0.2) is 37.9 Å². The molecule has 128 valence electrons. The summed E-state index contributed by atoms with van der Waals surface area (Å²) in [5.41, 5.74) is 1.17. The molecule has 0 amide bonds. The van der Waals surface area contributed by atoms with E-state index >= 15 is 0 Å². The summed E-state index contributed by atoms with van der Waals surface area (Å²) in [6, 6.07) is 8.43. The topological polar surface area (TPSA) is 54.9 Å². The Morgan fingerprint density at radius 1 is 1.30 bits per heavy atom. The fraction of sp³-hybridized carbons (Fsp3) is 0.588. The van der Waals surface area contributed by atoms with Crippen LogP contribution in [0.4, 0.5) is 0 Å². The maximum Gasteiger partial charge on any atom is 0.191 e. The molecular weight excluding hydrogens is 405 g/mol. The summed E-state index contributed by atoms with van der Waals surface area (Å²) in [6.45, 7) is 3.60. The molecule has 1 aromatic carbocycles. The summed E-state index contributed by atoms with van der Waals surface area (Å²) in [5, 5.41) is 6.85. The second-order valence-electron chi connectivity index (χ2n) is 5.90. The summed E-state index contributed by atoms with van der Waals surface area (Å²) in [6.07, 6.45) is 4.28. The number of aliphatic imine (C=N–C) groups is 1. The molecule has 2 heterocycles. The van der Waals surface area contributed by atoms with Crippen LogP contribution in [-0.2, 0) is 11.3 Å². The summed E-state index contributed by atoms with van der Waals surface area (Å²) in [4.78, 5) is 4.68. The first kappa shape index (κ1) is 18.3. The van der Waals surface area contributed by atoms with Crippen LogP contribution in [0.2, 0.25) is 0 Å². The van der Waals surface area contributed by atoms with Crippen molar-refractivity contribution in [1.29, 1.82) is 0 Å². The Morgan fingerprint density at radius 3 is 2.65 bits per heavy atom. The fourth-order valence-electron chi connectivity index (χ4n) is 3.19. The van der Waals surface area contributed by atoms with Crippen LogP contribution in [0.3, 0.4) is 0 Å². The minimum absolute atomic E-state index is 0. The Balaban J connectivity index is 0.00000192. The van der Waals surface area contributed by atoms with Crippen LogP contribution < -0.4 is 15.4 Å². The van der Waals surface area contributed by atoms with Crippen LogP contribution in [0.1, 0.15) is 31.7 Å². The van der Waals surface area contributed by atoms with Crippen molar-refractivity contribution in [3.05, 3.63) is 29.8 Å². The molecule has 0 saturated carbocycles. The molecule has 3 rings (SSSR count). The van der Waals surface area contributed by atoms with Gasteiger partial charge in [0.25, 0.3) is 0 Å². The van der Waals surface area contributed by atoms with Crippen molar-refractivity contribution >= 4 is 29.9 Å². The van der Waals surface area contributed by atoms with E-state index in [1.54, 1.807) is 7.11 Å². The molecule has 0 spiro atoms. The number of benzene rings is 1. The molecule has 3 atom stereocenters. The molecule has 2 fully saturated rings. The normalized spacial score (nSPS) is 25.8. The standard InChI is InChI=1S/C17H25N3O2.HI/c1-3-18-17(20-15-10-14-8-9-16(15)22-14)19-11-12-4-6-13(21-2)7-5-12;/h4-7,14-16H,3,8-11H2,1-2H3,(H2,18,19,20);1H. The van der Waals surface area contributed by atoms with Crippen LogP contribution in [0.5, 0.6) is 5.75 Å². The smallest absolute Gasteiger partial charge is 0.191 e. The summed E-state index contributed by atoms with van der Waals surface area (Å²) < 4.78 is 11.1. The van der Waals surface area contributed by atoms with Gasteiger partial charge in [0, 0.05) is 6.54 Å². The second kappa shape index (κ2) is 8.73. The zero-order valence-corrected chi connectivity index (χ0v) is 16.1. The second-order valence-corrected chi connectivity index (χ2v) is 5.90. The van der Waals surface area contributed by atoms with Crippen LogP contribution in [0.15, 0.2) is 29.3 Å². The number of guanidine groups is 1. The van der Waals surface area contributed by atoms with Gasteiger partial charge in [0.05, 0.1) is 31.9 Å². The Bertz CT molecular complexity index is 521. The molecule has 2 N–H and O–H groups in total. The predicted molar refractivity (Wildman–Crippen MR) is 103 cm³/mol. The van der Waals surface area contributed by atoms with Gasteiger partial charge < -0.3 is 20.1 Å². The van der Waals surface area contributed by atoms with Gasteiger partial charge in [0.15, 0.2) is 5.96 Å². The van der Waals surface area contributed by atoms with E-state index in [0.717, 1.165) is 24.7 Å². The van der Waals surface area contributed by atoms with Crippen molar-refractivity contribution in [3.8, 4) is 5.75 Å². The van der Waals surface area contributed by atoms with E-state index < -0.39 is 0 Å². The quantitative estimate of drug-likeness (QED) is 0.428. The molecule has 0 aliphatic carbocycles. The molecule has 0 aromatic heterocycles. The third kappa shape index (κ3) is 4.73. The molecule has 0 radical (unpaired) electrons. The highest BCUT2D eigenvalue weighted by atomic mass is 127. The van der Waals surface area contributed by atoms with E-state index in [4.69, 9.17) is 9.47 Å². The Labute approximate surface area is 155 Å². The number of nitrogens with one attached hydrogen (secondary N) is 2. The lowest BCUT2D eigenvalue weighted by Gasteiger charge is -2.22. The minimum atomic E-state index is 0. The number of hydrogen-bond acceptors (Lipinski definition) is 3. The lowest BCUT2D eigenvalue weighted by Crippen LogP contribution is -2.47. The third-order valence-electron chi connectivity index (χ3n) is 4.35. The van der Waals surface area contributed by atoms with E-state index in [2.05, 4.69) is 22.5 Å². The van der Waals surface area contributed by atoms with Crippen molar-refractivity contribution in [2.75, 3.05) is 13.7 Å². The molecule has 2 aliphatic heterocycles. The third-order valence-corrected chi connectivity index (χ3v) is 4.35. The van der Waals surface area contributed by atoms with E-state index in [0.29, 0.717) is 24.8 Å². The van der Waals surface area contributed by atoms with Gasteiger partial charge >= 0.3 is 0 Å². The number of ether oxygens (including phenoxy) is 2. The predicted octanol–water partition coefficient (Wildman–Crippen LogP) is 2.69. The minimum Gasteiger partial charge on any atom is -0.497 e. The highest BCUT2D eigenvalue weighted by Crippen LogP contribution is 2.34. The van der Waals surface area contributed by atoms with Crippen molar-refractivity contribution in [2.24, 2.45) is 4.99 Å². The van der Waals surface area contributed by atoms with Crippen molar-refractivity contribution in [2.45, 2.75) is 51.0 Å². The van der Waals surface area contributed by atoms with Gasteiger partial charge in [-0.05, 0) is 43.9 Å².